The summed E-state index contributed by atoms with van der Waals surface area (Å²) in [7, 11) is 1.36. The molecule has 0 amide bonds. The Morgan fingerprint density at radius 3 is 2.48 bits per heavy atom. The van der Waals surface area contributed by atoms with Gasteiger partial charge in [0.15, 0.2) is 0 Å². The van der Waals surface area contributed by atoms with Crippen molar-refractivity contribution in [3.05, 3.63) is 47.8 Å². The first-order chi connectivity index (χ1) is 15.1. The molecule has 2 heterocycles. The largest absolute Gasteiger partial charge is 0.488 e. The Hall–Kier alpha value is -2.71. The van der Waals surface area contributed by atoms with Crippen LogP contribution < -0.4 is 10.1 Å². The average Bonchev–Trinajstić information content (AvgIpc) is 3.16. The fraction of sp³-hybridized carbons (Fsp3) is 0.522. The fourth-order valence-electron chi connectivity index (χ4n) is 4.65. The first-order valence-electron chi connectivity index (χ1n) is 10.9. The minimum absolute atomic E-state index is 0.243. The van der Waals surface area contributed by atoms with Gasteiger partial charge in [-0.2, -0.15) is 0 Å². The maximum Gasteiger partial charge on any atom is 0.337 e. The number of aliphatic hydroxyl groups is 1. The summed E-state index contributed by atoms with van der Waals surface area (Å²) < 4.78 is 10.8. The lowest BCUT2D eigenvalue weighted by molar-refractivity contribution is -0.0231. The highest BCUT2D eigenvalue weighted by Gasteiger charge is 2.42. The van der Waals surface area contributed by atoms with Crippen molar-refractivity contribution >= 4 is 11.9 Å². The van der Waals surface area contributed by atoms with Crippen LogP contribution in [0.1, 0.15) is 35.7 Å². The Morgan fingerprint density at radius 1 is 1.16 bits per heavy atom. The molecule has 8 nitrogen and oxygen atoms in total. The molecule has 0 bridgehead atoms. The van der Waals surface area contributed by atoms with Crippen molar-refractivity contribution in [3.8, 4) is 5.75 Å². The second-order valence-corrected chi connectivity index (χ2v) is 8.37. The van der Waals surface area contributed by atoms with Crippen molar-refractivity contribution in [2.75, 3.05) is 32.1 Å². The number of hydrogen-bond donors (Lipinski definition) is 2. The average molecular weight is 427 g/mol. The maximum absolute atomic E-state index is 11.6. The molecule has 2 aromatic rings. The molecule has 166 valence electrons. The molecule has 2 fully saturated rings. The molecule has 2 N–H and O–H groups in total. The number of benzene rings is 1. The standard InChI is InChI=1S/C23H30N4O4/c1-3-24-23-25-10-15(11-26-23)12-27-13-17-8-20(28)21(9-18(17)14-27)31-19-6-4-16(5-7-19)22(29)30-2/h4-7,10-11,17-18,20-21,28H,3,8-9,12-14H2,1-2H3,(H,24,25,26)/t17-,18+,20-,21-/m0/s1. The highest BCUT2D eigenvalue weighted by atomic mass is 16.5. The third-order valence-corrected chi connectivity index (χ3v) is 6.17. The molecule has 1 saturated carbocycles. The molecular weight excluding hydrogens is 396 g/mol. The number of carbonyl (C=O) groups is 1. The molecule has 1 saturated heterocycles. The van der Waals surface area contributed by atoms with E-state index in [9.17, 15) is 9.90 Å². The van der Waals surface area contributed by atoms with Crippen LogP contribution in [0.5, 0.6) is 5.75 Å². The van der Waals surface area contributed by atoms with Crippen molar-refractivity contribution < 1.29 is 19.4 Å². The number of aliphatic hydroxyl groups excluding tert-OH is 1. The van der Waals surface area contributed by atoms with Gasteiger partial charge in [0.25, 0.3) is 0 Å². The molecule has 1 aromatic carbocycles. The number of carbonyl (C=O) groups excluding carboxylic acids is 1. The highest BCUT2D eigenvalue weighted by molar-refractivity contribution is 5.89. The summed E-state index contributed by atoms with van der Waals surface area (Å²) in [4.78, 5) is 22.7. The summed E-state index contributed by atoms with van der Waals surface area (Å²) in [6.45, 7) is 5.59. The molecule has 4 rings (SSSR count). The van der Waals surface area contributed by atoms with Crippen LogP contribution in [-0.4, -0.2) is 64.9 Å². The molecule has 31 heavy (non-hydrogen) atoms. The van der Waals surface area contributed by atoms with Crippen LogP contribution in [0.4, 0.5) is 5.95 Å². The number of anilines is 1. The summed E-state index contributed by atoms with van der Waals surface area (Å²) in [6.07, 6.45) is 4.58. The molecule has 1 aliphatic carbocycles. The zero-order valence-electron chi connectivity index (χ0n) is 18.0. The van der Waals surface area contributed by atoms with E-state index >= 15 is 0 Å². The van der Waals surface area contributed by atoms with E-state index in [-0.39, 0.29) is 12.1 Å². The summed E-state index contributed by atoms with van der Waals surface area (Å²) >= 11 is 0. The topological polar surface area (TPSA) is 96.8 Å². The summed E-state index contributed by atoms with van der Waals surface area (Å²) in [5.41, 5.74) is 1.58. The molecule has 8 heteroatoms. The van der Waals surface area contributed by atoms with Crippen LogP contribution in [0, 0.1) is 11.8 Å². The maximum atomic E-state index is 11.6. The van der Waals surface area contributed by atoms with Gasteiger partial charge in [-0.15, -0.1) is 0 Å². The van der Waals surface area contributed by atoms with Crippen molar-refractivity contribution in [3.63, 3.8) is 0 Å². The van der Waals surface area contributed by atoms with E-state index in [0.717, 1.165) is 44.6 Å². The monoisotopic (exact) mass is 426 g/mol. The van der Waals surface area contributed by atoms with Gasteiger partial charge in [0.05, 0.1) is 18.8 Å². The number of fused-ring (bicyclic) bond motifs is 1. The smallest absolute Gasteiger partial charge is 0.337 e. The van der Waals surface area contributed by atoms with Gasteiger partial charge in [0, 0.05) is 44.1 Å². The second-order valence-electron chi connectivity index (χ2n) is 8.37. The second kappa shape index (κ2) is 9.62. The Bertz CT molecular complexity index is 874. The number of rotatable bonds is 7. The van der Waals surface area contributed by atoms with Crippen molar-refractivity contribution in [2.24, 2.45) is 11.8 Å². The number of likely N-dealkylation sites (tertiary alicyclic amines) is 1. The number of nitrogens with one attached hydrogen (secondary N) is 1. The third-order valence-electron chi connectivity index (χ3n) is 6.17. The SMILES string of the molecule is CCNc1ncc(CN2C[C@H]3C[C@H](Oc4ccc(C(=O)OC)cc4)[C@@H](O)C[C@H]3C2)cn1. The van der Waals surface area contributed by atoms with Gasteiger partial charge < -0.3 is 19.9 Å². The summed E-state index contributed by atoms with van der Waals surface area (Å²) in [6, 6.07) is 6.87. The van der Waals surface area contributed by atoms with Gasteiger partial charge in [0.2, 0.25) is 5.95 Å². The van der Waals surface area contributed by atoms with Gasteiger partial charge in [-0.1, -0.05) is 0 Å². The van der Waals surface area contributed by atoms with Gasteiger partial charge in [-0.25, -0.2) is 14.8 Å². The lowest BCUT2D eigenvalue weighted by atomic mass is 9.78. The molecule has 0 radical (unpaired) electrons. The van der Waals surface area contributed by atoms with E-state index in [2.05, 4.69) is 20.2 Å². The third kappa shape index (κ3) is 5.14. The van der Waals surface area contributed by atoms with Crippen molar-refractivity contribution in [1.29, 1.82) is 0 Å². The first kappa shape index (κ1) is 21.5. The lowest BCUT2D eigenvalue weighted by Crippen LogP contribution is -2.42. The van der Waals surface area contributed by atoms with Crippen LogP contribution >= 0.6 is 0 Å². The Labute approximate surface area is 182 Å². The Kier molecular flexibility index (Phi) is 6.67. The number of aromatic nitrogens is 2. The Morgan fingerprint density at radius 2 is 1.84 bits per heavy atom. The van der Waals surface area contributed by atoms with E-state index in [1.165, 1.54) is 7.11 Å². The van der Waals surface area contributed by atoms with E-state index in [0.29, 0.717) is 29.1 Å². The van der Waals surface area contributed by atoms with E-state index in [4.69, 9.17) is 9.47 Å². The van der Waals surface area contributed by atoms with Gasteiger partial charge in [-0.05, 0) is 55.9 Å². The van der Waals surface area contributed by atoms with Gasteiger partial charge >= 0.3 is 5.97 Å². The predicted molar refractivity (Wildman–Crippen MR) is 116 cm³/mol. The van der Waals surface area contributed by atoms with Gasteiger partial charge in [0.1, 0.15) is 11.9 Å². The molecule has 4 atom stereocenters. The summed E-state index contributed by atoms with van der Waals surface area (Å²) in [5, 5.41) is 13.8. The van der Waals surface area contributed by atoms with Crippen molar-refractivity contribution in [1.82, 2.24) is 14.9 Å². The first-order valence-corrected chi connectivity index (χ1v) is 10.9. The lowest BCUT2D eigenvalue weighted by Gasteiger charge is -2.35. The summed E-state index contributed by atoms with van der Waals surface area (Å²) in [5.74, 6) is 1.90. The normalized spacial score (nSPS) is 25.6. The highest BCUT2D eigenvalue weighted by Crippen LogP contribution is 2.38. The number of ether oxygens (including phenoxy) is 2. The number of nitrogens with zero attached hydrogens (tertiary/aromatic N) is 3. The van der Waals surface area contributed by atoms with Crippen molar-refractivity contribution in [2.45, 2.75) is 38.5 Å². The molecule has 1 aliphatic heterocycles. The van der Waals surface area contributed by atoms with E-state index in [1.54, 1.807) is 24.3 Å². The number of hydrogen-bond acceptors (Lipinski definition) is 8. The molecule has 0 unspecified atom stereocenters. The number of esters is 1. The Balaban J connectivity index is 1.32. The van der Waals surface area contributed by atoms with Crippen LogP contribution in [0.3, 0.4) is 0 Å². The van der Waals surface area contributed by atoms with Gasteiger partial charge in [-0.3, -0.25) is 4.90 Å². The van der Waals surface area contributed by atoms with Crippen LogP contribution in [0.2, 0.25) is 0 Å². The number of methoxy groups -OCH3 is 1. The quantitative estimate of drug-likeness (QED) is 0.652. The molecule has 0 spiro atoms. The predicted octanol–water partition coefficient (Wildman–Crippen LogP) is 2.35. The minimum Gasteiger partial charge on any atom is -0.488 e. The zero-order valence-corrected chi connectivity index (χ0v) is 18.0. The van der Waals surface area contributed by atoms with E-state index < -0.39 is 6.10 Å². The molecule has 2 aliphatic rings. The fourth-order valence-corrected chi connectivity index (χ4v) is 4.65. The molecular formula is C23H30N4O4. The molecule has 1 aromatic heterocycles. The van der Waals surface area contributed by atoms with E-state index in [1.807, 2.05) is 19.3 Å². The van der Waals surface area contributed by atoms with Crippen LogP contribution in [0.15, 0.2) is 36.7 Å². The van der Waals surface area contributed by atoms with Crippen LogP contribution in [0.25, 0.3) is 0 Å². The van der Waals surface area contributed by atoms with Crippen LogP contribution in [-0.2, 0) is 11.3 Å². The zero-order chi connectivity index (χ0) is 21.8. The minimum atomic E-state index is -0.496.